The second kappa shape index (κ2) is 7.53. The third kappa shape index (κ3) is 4.24. The van der Waals surface area contributed by atoms with Gasteiger partial charge in [-0.05, 0) is 56.4 Å². The van der Waals surface area contributed by atoms with E-state index in [0.29, 0.717) is 0 Å². The fourth-order valence-electron chi connectivity index (χ4n) is 1.69. The van der Waals surface area contributed by atoms with Crippen LogP contribution in [0.5, 0.6) is 0 Å². The normalized spacial score (nSPS) is 10.2. The van der Waals surface area contributed by atoms with Gasteiger partial charge in [0.2, 0.25) is 0 Å². The summed E-state index contributed by atoms with van der Waals surface area (Å²) in [4.78, 5) is 0. The van der Waals surface area contributed by atoms with Gasteiger partial charge in [-0.25, -0.2) is 0 Å². The lowest BCUT2D eigenvalue weighted by atomic mass is 10.0. The van der Waals surface area contributed by atoms with Crippen LogP contribution >= 0.6 is 0 Å². The Kier molecular flexibility index (Phi) is 5.97. The summed E-state index contributed by atoms with van der Waals surface area (Å²) in [5.41, 5.74) is 8.40. The van der Waals surface area contributed by atoms with Crippen molar-refractivity contribution in [1.29, 1.82) is 0 Å². The summed E-state index contributed by atoms with van der Waals surface area (Å²) in [5.74, 6) is 0. The first-order chi connectivity index (χ1) is 8.69. The Morgan fingerprint density at radius 2 is 2.00 bits per heavy atom. The first-order valence-corrected chi connectivity index (χ1v) is 6.45. The molecule has 0 aliphatic heterocycles. The summed E-state index contributed by atoms with van der Waals surface area (Å²) in [6.07, 6.45) is 10.2. The Morgan fingerprint density at radius 1 is 1.22 bits per heavy atom. The minimum atomic E-state index is 0.995. The van der Waals surface area contributed by atoms with Crippen molar-refractivity contribution in [2.75, 3.05) is 0 Å². The van der Waals surface area contributed by atoms with Crippen molar-refractivity contribution >= 4 is 5.57 Å². The Labute approximate surface area is 111 Å². The molecule has 0 aromatic heterocycles. The second-order valence-electron chi connectivity index (χ2n) is 4.43. The lowest BCUT2D eigenvalue weighted by Crippen LogP contribution is -1.85. The molecule has 0 heteroatoms. The Morgan fingerprint density at radius 3 is 2.61 bits per heavy atom. The van der Waals surface area contributed by atoms with Gasteiger partial charge in [0, 0.05) is 5.57 Å². The molecule has 0 bridgehead atoms. The minimum absolute atomic E-state index is 0.995. The van der Waals surface area contributed by atoms with Gasteiger partial charge in [-0.15, -0.1) is 12.3 Å². The van der Waals surface area contributed by atoms with E-state index in [4.69, 9.17) is 0 Å². The Balaban J connectivity index is 3.07. The zero-order valence-corrected chi connectivity index (χ0v) is 11.7. The molecule has 1 aromatic carbocycles. The van der Waals surface area contributed by atoms with Crippen LogP contribution in [0.25, 0.3) is 5.57 Å². The second-order valence-corrected chi connectivity index (χ2v) is 4.43. The number of hydrogen-bond donors (Lipinski definition) is 0. The average Bonchev–Trinajstić information content (AvgIpc) is 2.37. The molecule has 0 radical (unpaired) electrons. The largest absolute Gasteiger partial charge is 0.117 e. The van der Waals surface area contributed by atoms with Gasteiger partial charge < -0.3 is 0 Å². The van der Waals surface area contributed by atoms with Gasteiger partial charge in [0.15, 0.2) is 0 Å². The lowest BCUT2D eigenvalue weighted by Gasteiger charge is -2.04. The molecule has 0 nitrogen and oxygen atoms in total. The van der Waals surface area contributed by atoms with Crippen LogP contribution in [0.1, 0.15) is 36.5 Å². The quantitative estimate of drug-likeness (QED) is 0.279. The van der Waals surface area contributed by atoms with E-state index in [0.717, 1.165) is 18.4 Å². The van der Waals surface area contributed by atoms with Crippen molar-refractivity contribution in [2.45, 2.75) is 33.6 Å². The molecule has 0 amide bonds. The maximum atomic E-state index is 3.72. The van der Waals surface area contributed by atoms with Gasteiger partial charge in [0.1, 0.15) is 0 Å². The number of hydrogen-bond acceptors (Lipinski definition) is 0. The molecule has 0 aliphatic rings. The summed E-state index contributed by atoms with van der Waals surface area (Å²) in [7, 11) is 0. The van der Waals surface area contributed by atoms with Crippen LogP contribution in [0, 0.1) is 13.8 Å². The Bertz CT molecular complexity index is 495. The van der Waals surface area contributed by atoms with Crippen molar-refractivity contribution in [3.63, 3.8) is 0 Å². The molecule has 1 rings (SSSR count). The van der Waals surface area contributed by atoms with E-state index in [9.17, 15) is 0 Å². The van der Waals surface area contributed by atoms with Crippen LogP contribution in [0.3, 0.4) is 0 Å². The topological polar surface area (TPSA) is 0 Å². The molecule has 1 aromatic rings. The van der Waals surface area contributed by atoms with E-state index in [2.05, 4.69) is 62.6 Å². The summed E-state index contributed by atoms with van der Waals surface area (Å²) < 4.78 is 0. The highest BCUT2D eigenvalue weighted by atomic mass is 14.0. The highest BCUT2D eigenvalue weighted by Crippen LogP contribution is 2.18. The molecule has 0 saturated carbocycles. The van der Waals surface area contributed by atoms with Gasteiger partial charge in [-0.2, -0.15) is 0 Å². The molecule has 18 heavy (non-hydrogen) atoms. The molecule has 0 unspecified atom stereocenters. The third-order valence-electron chi connectivity index (χ3n) is 2.92. The molecule has 0 fully saturated rings. The third-order valence-corrected chi connectivity index (χ3v) is 2.92. The van der Waals surface area contributed by atoms with Crippen LogP contribution in [0.15, 0.2) is 54.8 Å². The minimum Gasteiger partial charge on any atom is -0.117 e. The monoisotopic (exact) mass is 238 g/mol. The standard InChI is InChI=1S/C18H22/c1-5-7-8-9-11-17(10-6-2)18-13-12-15(3)16(4)14-18/h5-6,9-10,12-14H,1,7-8H2,2-4H3. The van der Waals surface area contributed by atoms with Crippen molar-refractivity contribution in [3.8, 4) is 0 Å². The molecule has 0 N–H and O–H groups in total. The van der Waals surface area contributed by atoms with Crippen LogP contribution < -0.4 is 0 Å². The van der Waals surface area contributed by atoms with E-state index in [1.165, 1.54) is 16.7 Å². The number of rotatable bonds is 5. The van der Waals surface area contributed by atoms with Crippen LogP contribution in [0.4, 0.5) is 0 Å². The smallest absolute Gasteiger partial charge is 0.0230 e. The van der Waals surface area contributed by atoms with Crippen molar-refractivity contribution < 1.29 is 0 Å². The average molecular weight is 238 g/mol. The van der Waals surface area contributed by atoms with E-state index >= 15 is 0 Å². The number of allylic oxidation sites excluding steroid dienone is 4. The van der Waals surface area contributed by atoms with Gasteiger partial charge in [0.25, 0.3) is 0 Å². The zero-order valence-electron chi connectivity index (χ0n) is 11.7. The fourth-order valence-corrected chi connectivity index (χ4v) is 1.69. The van der Waals surface area contributed by atoms with Gasteiger partial charge in [-0.1, -0.05) is 36.4 Å². The van der Waals surface area contributed by atoms with E-state index < -0.39 is 0 Å². The molecular formula is C18H22. The predicted molar refractivity (Wildman–Crippen MR) is 81.7 cm³/mol. The van der Waals surface area contributed by atoms with Crippen LogP contribution in [0.2, 0.25) is 0 Å². The van der Waals surface area contributed by atoms with E-state index in [-0.39, 0.29) is 0 Å². The molecule has 94 valence electrons. The zero-order chi connectivity index (χ0) is 13.4. The number of unbranched alkanes of at least 4 members (excludes halogenated alkanes) is 1. The van der Waals surface area contributed by atoms with Crippen LogP contribution in [-0.2, 0) is 0 Å². The van der Waals surface area contributed by atoms with E-state index in [1.54, 1.807) is 0 Å². The van der Waals surface area contributed by atoms with Gasteiger partial charge in [-0.3, -0.25) is 0 Å². The highest BCUT2D eigenvalue weighted by Gasteiger charge is 1.99. The molecule has 0 heterocycles. The summed E-state index contributed by atoms with van der Waals surface area (Å²) >= 11 is 0. The maximum Gasteiger partial charge on any atom is 0.0230 e. The van der Waals surface area contributed by atoms with Crippen molar-refractivity contribution in [1.82, 2.24) is 0 Å². The lowest BCUT2D eigenvalue weighted by molar-refractivity contribution is 1.06. The summed E-state index contributed by atoms with van der Waals surface area (Å²) in [5, 5.41) is 0. The molecule has 0 aliphatic carbocycles. The highest BCUT2D eigenvalue weighted by molar-refractivity contribution is 5.73. The summed E-state index contributed by atoms with van der Waals surface area (Å²) in [6, 6.07) is 6.55. The van der Waals surface area contributed by atoms with Gasteiger partial charge in [0.05, 0.1) is 0 Å². The maximum absolute atomic E-state index is 3.72. The Hall–Kier alpha value is -1.78. The first kappa shape index (κ1) is 14.3. The number of aryl methyl sites for hydroxylation is 2. The number of benzene rings is 1. The first-order valence-electron chi connectivity index (χ1n) is 6.45. The SMILES string of the molecule is C=CCCC=C=C(C=CC)c1ccc(C)c(C)c1. The molecule has 0 saturated heterocycles. The molecule has 0 atom stereocenters. The molecule has 0 spiro atoms. The van der Waals surface area contributed by atoms with Crippen molar-refractivity contribution in [3.05, 3.63) is 71.5 Å². The van der Waals surface area contributed by atoms with Crippen LogP contribution in [-0.4, -0.2) is 0 Å². The predicted octanol–water partition coefficient (Wildman–Crippen LogP) is 5.38. The van der Waals surface area contributed by atoms with Gasteiger partial charge >= 0.3 is 0 Å². The summed E-state index contributed by atoms with van der Waals surface area (Å²) in [6.45, 7) is 10.0. The van der Waals surface area contributed by atoms with E-state index in [1.807, 2.05) is 13.0 Å². The van der Waals surface area contributed by atoms with Crippen molar-refractivity contribution in [2.24, 2.45) is 0 Å². The molecular weight excluding hydrogens is 216 g/mol. The fraction of sp³-hybridized carbons (Fsp3) is 0.278.